The highest BCUT2D eigenvalue weighted by atomic mass is 16.4. The number of nitrogens with one attached hydrogen (secondary N) is 1. The molecule has 6 nitrogen and oxygen atoms in total. The predicted octanol–water partition coefficient (Wildman–Crippen LogP) is 2.56. The van der Waals surface area contributed by atoms with Crippen LogP contribution in [0.15, 0.2) is 24.3 Å². The molecule has 0 amide bonds. The molecule has 0 spiro atoms. The van der Waals surface area contributed by atoms with Gasteiger partial charge >= 0.3 is 11.9 Å². The van der Waals surface area contributed by atoms with Crippen LogP contribution in [0.25, 0.3) is 10.9 Å². The zero-order valence-corrected chi connectivity index (χ0v) is 11.8. The van der Waals surface area contributed by atoms with Crippen LogP contribution in [-0.2, 0) is 4.79 Å². The first-order valence-electron chi connectivity index (χ1n) is 6.84. The Morgan fingerprint density at radius 3 is 2.57 bits per heavy atom. The van der Waals surface area contributed by atoms with Crippen molar-refractivity contribution < 1.29 is 19.8 Å². The molecule has 21 heavy (non-hydrogen) atoms. The van der Waals surface area contributed by atoms with Crippen molar-refractivity contribution in [2.24, 2.45) is 0 Å². The van der Waals surface area contributed by atoms with Gasteiger partial charge in [0, 0.05) is 29.7 Å². The maximum absolute atomic E-state index is 11.0. The number of carbonyl (C=O) groups is 2. The van der Waals surface area contributed by atoms with E-state index in [-0.39, 0.29) is 12.1 Å². The molecule has 1 aromatic heterocycles. The van der Waals surface area contributed by atoms with Gasteiger partial charge in [-0.15, -0.1) is 0 Å². The molecule has 2 rings (SSSR count). The number of nitrogens with zero attached hydrogens (tertiary/aromatic N) is 1. The Balaban J connectivity index is 2.29. The average Bonchev–Trinajstić information content (AvgIpc) is 2.86. The quantitative estimate of drug-likeness (QED) is 0.728. The second-order valence-corrected chi connectivity index (χ2v) is 4.89. The van der Waals surface area contributed by atoms with Gasteiger partial charge in [-0.2, -0.15) is 0 Å². The number of hydrogen-bond donors (Lipinski definition) is 3. The first kappa shape index (κ1) is 14.9. The fourth-order valence-corrected chi connectivity index (χ4v) is 2.30. The monoisotopic (exact) mass is 290 g/mol. The average molecular weight is 290 g/mol. The summed E-state index contributed by atoms with van der Waals surface area (Å²) in [5.74, 6) is -1.82. The molecule has 1 aromatic carbocycles. The standard InChI is InChI=1S/C15H18N2O4/c1-2-6-17(7-5-14(18)19)11-3-4-12-10(8-11)9-13(16-12)15(20)21/h3-4,8-9,16H,2,5-7H2,1H3,(H,18,19)(H,20,21). The maximum Gasteiger partial charge on any atom is 0.352 e. The van der Waals surface area contributed by atoms with Crippen LogP contribution >= 0.6 is 0 Å². The number of H-pyrrole nitrogens is 1. The Morgan fingerprint density at radius 1 is 1.19 bits per heavy atom. The van der Waals surface area contributed by atoms with E-state index in [1.807, 2.05) is 30.0 Å². The van der Waals surface area contributed by atoms with Gasteiger partial charge in [0.15, 0.2) is 0 Å². The van der Waals surface area contributed by atoms with Crippen molar-refractivity contribution in [3.05, 3.63) is 30.0 Å². The Kier molecular flexibility index (Phi) is 4.47. The molecule has 0 atom stereocenters. The Bertz CT molecular complexity index is 663. The lowest BCUT2D eigenvalue weighted by atomic mass is 10.2. The smallest absolute Gasteiger partial charge is 0.352 e. The number of carboxylic acids is 2. The van der Waals surface area contributed by atoms with E-state index in [2.05, 4.69) is 4.98 Å². The summed E-state index contributed by atoms with van der Waals surface area (Å²) in [6.45, 7) is 3.23. The minimum atomic E-state index is -0.996. The number of hydrogen-bond acceptors (Lipinski definition) is 3. The fraction of sp³-hybridized carbons (Fsp3) is 0.333. The van der Waals surface area contributed by atoms with Crippen molar-refractivity contribution in [3.63, 3.8) is 0 Å². The highest BCUT2D eigenvalue weighted by Crippen LogP contribution is 2.23. The number of aliphatic carboxylic acids is 1. The van der Waals surface area contributed by atoms with E-state index >= 15 is 0 Å². The Morgan fingerprint density at radius 2 is 1.95 bits per heavy atom. The van der Waals surface area contributed by atoms with E-state index in [0.717, 1.165) is 29.6 Å². The van der Waals surface area contributed by atoms with Crippen LogP contribution in [0.1, 0.15) is 30.3 Å². The van der Waals surface area contributed by atoms with Crippen LogP contribution in [0, 0.1) is 0 Å². The van der Waals surface area contributed by atoms with E-state index in [9.17, 15) is 9.59 Å². The van der Waals surface area contributed by atoms with Gasteiger partial charge < -0.3 is 20.1 Å². The third-order valence-electron chi connectivity index (χ3n) is 3.29. The Labute approximate surface area is 122 Å². The first-order chi connectivity index (χ1) is 10.0. The third kappa shape index (κ3) is 3.53. The third-order valence-corrected chi connectivity index (χ3v) is 3.29. The highest BCUT2D eigenvalue weighted by molar-refractivity contribution is 5.94. The minimum Gasteiger partial charge on any atom is -0.481 e. The lowest BCUT2D eigenvalue weighted by molar-refractivity contribution is -0.136. The molecule has 0 bridgehead atoms. The van der Waals surface area contributed by atoms with Crippen molar-refractivity contribution in [3.8, 4) is 0 Å². The largest absolute Gasteiger partial charge is 0.481 e. The second kappa shape index (κ2) is 6.30. The maximum atomic E-state index is 11.0. The van der Waals surface area contributed by atoms with Crippen molar-refractivity contribution in [1.29, 1.82) is 0 Å². The minimum absolute atomic E-state index is 0.0750. The van der Waals surface area contributed by atoms with Crippen LogP contribution in [0.4, 0.5) is 5.69 Å². The van der Waals surface area contributed by atoms with Crippen molar-refractivity contribution in [2.75, 3.05) is 18.0 Å². The van der Waals surface area contributed by atoms with Gasteiger partial charge in [0.2, 0.25) is 0 Å². The molecule has 1 heterocycles. The summed E-state index contributed by atoms with van der Waals surface area (Å²) >= 11 is 0. The normalized spacial score (nSPS) is 10.7. The molecule has 0 aliphatic carbocycles. The number of aromatic carboxylic acids is 1. The lowest BCUT2D eigenvalue weighted by Gasteiger charge is -2.23. The fourth-order valence-electron chi connectivity index (χ4n) is 2.30. The number of fused-ring (bicyclic) bond motifs is 1. The topological polar surface area (TPSA) is 93.6 Å². The van der Waals surface area contributed by atoms with Crippen LogP contribution < -0.4 is 4.90 Å². The number of aromatic amines is 1. The molecule has 0 radical (unpaired) electrons. The molecular weight excluding hydrogens is 272 g/mol. The first-order valence-corrected chi connectivity index (χ1v) is 6.84. The number of benzene rings is 1. The van der Waals surface area contributed by atoms with Gasteiger partial charge in [-0.25, -0.2) is 4.79 Å². The number of aromatic nitrogens is 1. The summed E-state index contributed by atoms with van der Waals surface area (Å²) in [4.78, 5) is 26.5. The van der Waals surface area contributed by atoms with E-state index in [4.69, 9.17) is 10.2 Å². The summed E-state index contributed by atoms with van der Waals surface area (Å²) in [7, 11) is 0. The van der Waals surface area contributed by atoms with E-state index in [0.29, 0.717) is 6.54 Å². The van der Waals surface area contributed by atoms with E-state index < -0.39 is 11.9 Å². The highest BCUT2D eigenvalue weighted by Gasteiger charge is 2.11. The number of rotatable bonds is 7. The lowest BCUT2D eigenvalue weighted by Crippen LogP contribution is -2.26. The summed E-state index contributed by atoms with van der Waals surface area (Å²) < 4.78 is 0. The summed E-state index contributed by atoms with van der Waals surface area (Å²) in [6, 6.07) is 7.17. The number of carboxylic acid groups (broad SMARTS) is 2. The molecule has 6 heteroatoms. The predicted molar refractivity (Wildman–Crippen MR) is 80.0 cm³/mol. The van der Waals surface area contributed by atoms with Crippen LogP contribution in [0.2, 0.25) is 0 Å². The van der Waals surface area contributed by atoms with Crippen LogP contribution in [0.3, 0.4) is 0 Å². The van der Waals surface area contributed by atoms with Crippen molar-refractivity contribution in [1.82, 2.24) is 4.98 Å². The molecular formula is C15H18N2O4. The van der Waals surface area contributed by atoms with Gasteiger partial charge in [-0.3, -0.25) is 4.79 Å². The van der Waals surface area contributed by atoms with Crippen LogP contribution in [-0.4, -0.2) is 40.2 Å². The molecule has 0 aliphatic rings. The molecule has 3 N–H and O–H groups in total. The van der Waals surface area contributed by atoms with Crippen LogP contribution in [0.5, 0.6) is 0 Å². The molecule has 2 aromatic rings. The molecule has 0 fully saturated rings. The molecule has 112 valence electrons. The molecule has 0 saturated heterocycles. The van der Waals surface area contributed by atoms with Gasteiger partial charge in [-0.05, 0) is 30.7 Å². The molecule has 0 aliphatic heterocycles. The second-order valence-electron chi connectivity index (χ2n) is 4.89. The molecule has 0 saturated carbocycles. The van der Waals surface area contributed by atoms with Crippen molar-refractivity contribution >= 4 is 28.5 Å². The number of anilines is 1. The Hall–Kier alpha value is -2.50. The summed E-state index contributed by atoms with van der Waals surface area (Å²) in [5.41, 5.74) is 1.81. The summed E-state index contributed by atoms with van der Waals surface area (Å²) in [6.07, 6.45) is 0.983. The summed E-state index contributed by atoms with van der Waals surface area (Å²) in [5, 5.41) is 18.6. The zero-order chi connectivity index (χ0) is 15.4. The van der Waals surface area contributed by atoms with Gasteiger partial charge in [0.1, 0.15) is 5.69 Å². The van der Waals surface area contributed by atoms with Crippen molar-refractivity contribution in [2.45, 2.75) is 19.8 Å². The van der Waals surface area contributed by atoms with Gasteiger partial charge in [-0.1, -0.05) is 6.92 Å². The van der Waals surface area contributed by atoms with E-state index in [1.54, 1.807) is 6.07 Å². The van der Waals surface area contributed by atoms with E-state index in [1.165, 1.54) is 0 Å². The van der Waals surface area contributed by atoms with Gasteiger partial charge in [0.25, 0.3) is 0 Å². The van der Waals surface area contributed by atoms with Gasteiger partial charge in [0.05, 0.1) is 6.42 Å². The SMILES string of the molecule is CCCN(CCC(=O)O)c1ccc2[nH]c(C(=O)O)cc2c1. The molecule has 0 unspecified atom stereocenters. The zero-order valence-electron chi connectivity index (χ0n) is 11.8.